The lowest BCUT2D eigenvalue weighted by Crippen LogP contribution is -2.38. The maximum absolute atomic E-state index is 12.1. The number of hydrogen-bond donors (Lipinski definition) is 6. The van der Waals surface area contributed by atoms with Gasteiger partial charge in [0, 0.05) is 6.54 Å². The van der Waals surface area contributed by atoms with Crippen molar-refractivity contribution in [2.75, 3.05) is 29.1 Å². The summed E-state index contributed by atoms with van der Waals surface area (Å²) in [5, 5.41) is 31.4. The van der Waals surface area contributed by atoms with Gasteiger partial charge >= 0.3 is 0 Å². The number of aliphatic hydroxyl groups excluding tert-OH is 3. The highest BCUT2D eigenvalue weighted by atomic mass is 16.6. The topological polar surface area (TPSA) is 174 Å². The summed E-state index contributed by atoms with van der Waals surface area (Å²) in [4.78, 5) is 30.4. The predicted molar refractivity (Wildman–Crippen MR) is 79.7 cm³/mol. The van der Waals surface area contributed by atoms with Crippen LogP contribution < -0.4 is 21.5 Å². The van der Waals surface area contributed by atoms with Crippen molar-refractivity contribution in [3.63, 3.8) is 0 Å². The number of nitrogen functional groups attached to an aromatic ring is 1. The van der Waals surface area contributed by atoms with Crippen LogP contribution in [0.25, 0.3) is 0 Å². The van der Waals surface area contributed by atoms with Gasteiger partial charge in [0.2, 0.25) is 12.4 Å². The fraction of sp³-hybridized carbons (Fsp3) is 0.583. The zero-order valence-corrected chi connectivity index (χ0v) is 12.3. The van der Waals surface area contributed by atoms with Crippen molar-refractivity contribution in [3.05, 3.63) is 10.4 Å². The molecular weight excluding hydrogens is 310 g/mol. The molecule has 2 heterocycles. The van der Waals surface area contributed by atoms with Gasteiger partial charge in [-0.15, -0.1) is 0 Å². The summed E-state index contributed by atoms with van der Waals surface area (Å²) < 4.78 is 5.26. The van der Waals surface area contributed by atoms with Crippen molar-refractivity contribution in [2.24, 2.45) is 0 Å². The minimum Gasteiger partial charge on any atom is -0.394 e. The maximum Gasteiger partial charge on any atom is 0.278 e. The second-order valence-corrected chi connectivity index (χ2v) is 4.94. The molecule has 4 atom stereocenters. The summed E-state index contributed by atoms with van der Waals surface area (Å²) in [7, 11) is 0. The Hall–Kier alpha value is -2.21. The van der Waals surface area contributed by atoms with Gasteiger partial charge in [0.1, 0.15) is 18.3 Å². The van der Waals surface area contributed by atoms with Gasteiger partial charge in [-0.05, 0) is 6.92 Å². The molecule has 0 aromatic carbocycles. The average Bonchev–Trinajstić information content (AvgIpc) is 2.78. The van der Waals surface area contributed by atoms with Crippen molar-refractivity contribution < 1.29 is 24.9 Å². The van der Waals surface area contributed by atoms with E-state index in [9.17, 15) is 19.8 Å². The summed E-state index contributed by atoms with van der Waals surface area (Å²) in [6.45, 7) is 1.35. The second-order valence-electron chi connectivity index (χ2n) is 4.94. The molecule has 0 bridgehead atoms. The third kappa shape index (κ3) is 3.27. The number of amides is 1. The Morgan fingerprint density at radius 3 is 2.70 bits per heavy atom. The molecule has 0 saturated carbocycles. The molecule has 11 nitrogen and oxygen atoms in total. The number of carbonyl (C=O) groups excluding carboxylic acids is 1. The molecule has 1 aliphatic rings. The zero-order valence-electron chi connectivity index (χ0n) is 12.3. The minimum atomic E-state index is -1.37. The van der Waals surface area contributed by atoms with E-state index < -0.39 is 36.7 Å². The van der Waals surface area contributed by atoms with E-state index in [1.807, 2.05) is 0 Å². The van der Waals surface area contributed by atoms with Crippen LogP contribution in [0.2, 0.25) is 0 Å². The highest BCUT2D eigenvalue weighted by Crippen LogP contribution is 2.26. The zero-order chi connectivity index (χ0) is 17.1. The summed E-state index contributed by atoms with van der Waals surface area (Å²) in [5.41, 5.74) is 4.74. The molecular formula is C12H19N5O6. The molecule has 0 aliphatic carbocycles. The Morgan fingerprint density at radius 2 is 2.17 bits per heavy atom. The van der Waals surface area contributed by atoms with Crippen LogP contribution in [0.3, 0.4) is 0 Å². The Kier molecular flexibility index (Phi) is 5.15. The molecule has 1 amide bonds. The van der Waals surface area contributed by atoms with Gasteiger partial charge in [0.15, 0.2) is 17.7 Å². The predicted octanol–water partition coefficient (Wildman–Crippen LogP) is -2.81. The number of aromatic amines is 1. The molecule has 11 heteroatoms. The maximum atomic E-state index is 12.1. The molecule has 1 fully saturated rings. The summed E-state index contributed by atoms with van der Waals surface area (Å²) in [5.74, 6) is -0.287. The third-order valence-corrected chi connectivity index (χ3v) is 3.49. The van der Waals surface area contributed by atoms with E-state index in [1.165, 1.54) is 0 Å². The van der Waals surface area contributed by atoms with Gasteiger partial charge < -0.3 is 36.0 Å². The van der Waals surface area contributed by atoms with Gasteiger partial charge in [0.05, 0.1) is 6.61 Å². The number of nitrogens with zero attached hydrogens (tertiary/aromatic N) is 2. The van der Waals surface area contributed by atoms with E-state index in [0.29, 0.717) is 6.41 Å². The Labute approximate surface area is 130 Å². The van der Waals surface area contributed by atoms with Crippen molar-refractivity contribution in [1.29, 1.82) is 0 Å². The first-order valence-corrected chi connectivity index (χ1v) is 6.93. The van der Waals surface area contributed by atoms with Gasteiger partial charge in [0.25, 0.3) is 5.56 Å². The fourth-order valence-electron chi connectivity index (χ4n) is 2.29. The Balaban J connectivity index is 2.36. The van der Waals surface area contributed by atoms with E-state index >= 15 is 0 Å². The number of H-pyrrole nitrogens is 1. The van der Waals surface area contributed by atoms with Crippen LogP contribution in [-0.2, 0) is 9.53 Å². The lowest BCUT2D eigenvalue weighted by molar-refractivity contribution is -0.107. The van der Waals surface area contributed by atoms with Crippen LogP contribution in [0.4, 0.5) is 17.5 Å². The number of carbonyl (C=O) groups is 1. The van der Waals surface area contributed by atoms with Crippen LogP contribution in [0.5, 0.6) is 0 Å². The normalized spacial score (nSPS) is 27.0. The molecule has 0 radical (unpaired) electrons. The SMILES string of the molecule is CCN(C=O)c1c(N[C@@H]2O[C@H](CO)[C@@H](O)[C@H]2O)nc(N)[nH]c1=O. The summed E-state index contributed by atoms with van der Waals surface area (Å²) >= 11 is 0. The number of anilines is 3. The first kappa shape index (κ1) is 17.1. The van der Waals surface area contributed by atoms with E-state index in [1.54, 1.807) is 6.92 Å². The first-order valence-electron chi connectivity index (χ1n) is 6.93. The quantitative estimate of drug-likeness (QED) is 0.301. The largest absolute Gasteiger partial charge is 0.394 e. The second kappa shape index (κ2) is 6.91. The van der Waals surface area contributed by atoms with Crippen molar-refractivity contribution in [3.8, 4) is 0 Å². The van der Waals surface area contributed by atoms with Gasteiger partial charge in [-0.2, -0.15) is 4.98 Å². The number of aromatic nitrogens is 2. The van der Waals surface area contributed by atoms with Gasteiger partial charge in [-0.1, -0.05) is 0 Å². The first-order chi connectivity index (χ1) is 10.9. The Morgan fingerprint density at radius 1 is 1.48 bits per heavy atom. The molecule has 1 aromatic rings. The lowest BCUT2D eigenvalue weighted by atomic mass is 10.1. The summed E-state index contributed by atoms with van der Waals surface area (Å²) in [6.07, 6.45) is -4.36. The number of ether oxygens (including phenoxy) is 1. The minimum absolute atomic E-state index is 0.0879. The van der Waals surface area contributed by atoms with Crippen LogP contribution in [0.15, 0.2) is 4.79 Å². The number of nitrogens with two attached hydrogens (primary N) is 1. The monoisotopic (exact) mass is 329 g/mol. The molecule has 2 rings (SSSR count). The Bertz CT molecular complexity index is 622. The van der Waals surface area contributed by atoms with Crippen LogP contribution in [0.1, 0.15) is 6.92 Å². The summed E-state index contributed by atoms with van der Waals surface area (Å²) in [6, 6.07) is 0. The number of hydrogen-bond acceptors (Lipinski definition) is 9. The highest BCUT2D eigenvalue weighted by molar-refractivity contribution is 5.81. The third-order valence-electron chi connectivity index (χ3n) is 3.49. The van der Waals surface area contributed by atoms with Crippen LogP contribution >= 0.6 is 0 Å². The van der Waals surface area contributed by atoms with Crippen molar-refractivity contribution >= 4 is 23.9 Å². The number of aliphatic hydroxyl groups is 3. The van der Waals surface area contributed by atoms with E-state index in [0.717, 1.165) is 4.90 Å². The standard InChI is InChI=1S/C12H19N5O6/c1-2-17(4-19)6-9(15-12(13)16-10(6)22)14-11-8(21)7(20)5(3-18)23-11/h4-5,7-8,11,18,20-21H,2-3H2,1H3,(H4,13,14,15,16,22)/t5-,7-,8-,11-/m1/s1. The molecule has 23 heavy (non-hydrogen) atoms. The van der Waals surface area contributed by atoms with E-state index in [-0.39, 0.29) is 24.0 Å². The van der Waals surface area contributed by atoms with Crippen LogP contribution in [0, 0.1) is 0 Å². The lowest BCUT2D eigenvalue weighted by Gasteiger charge is -2.22. The fourth-order valence-corrected chi connectivity index (χ4v) is 2.29. The molecule has 7 N–H and O–H groups in total. The average molecular weight is 329 g/mol. The molecule has 1 saturated heterocycles. The molecule has 1 aliphatic heterocycles. The number of rotatable bonds is 6. The van der Waals surface area contributed by atoms with Crippen molar-refractivity contribution in [1.82, 2.24) is 9.97 Å². The van der Waals surface area contributed by atoms with Crippen molar-refractivity contribution in [2.45, 2.75) is 31.5 Å². The van der Waals surface area contributed by atoms with E-state index in [2.05, 4.69) is 15.3 Å². The molecule has 0 unspecified atom stereocenters. The van der Waals surface area contributed by atoms with E-state index in [4.69, 9.17) is 15.6 Å². The molecule has 128 valence electrons. The molecule has 0 spiro atoms. The number of nitrogens with one attached hydrogen (secondary N) is 2. The smallest absolute Gasteiger partial charge is 0.278 e. The van der Waals surface area contributed by atoms with Crippen LogP contribution in [-0.4, -0.2) is 69.4 Å². The van der Waals surface area contributed by atoms with Gasteiger partial charge in [-0.25, -0.2) is 0 Å². The molecule has 1 aromatic heterocycles. The highest BCUT2D eigenvalue weighted by Gasteiger charge is 2.43. The van der Waals surface area contributed by atoms with Gasteiger partial charge in [-0.3, -0.25) is 14.6 Å².